The highest BCUT2D eigenvalue weighted by molar-refractivity contribution is 7.15. The largest absolute Gasteiger partial charge is 0.494 e. The number of anilines is 1. The predicted octanol–water partition coefficient (Wildman–Crippen LogP) is 2.43. The van der Waals surface area contributed by atoms with Gasteiger partial charge in [-0.1, -0.05) is 25.2 Å². The number of benzene rings is 1. The molecule has 2 aromatic rings. The molecule has 0 aliphatic carbocycles. The fourth-order valence-corrected chi connectivity index (χ4v) is 2.58. The van der Waals surface area contributed by atoms with E-state index in [2.05, 4.69) is 20.8 Å². The highest BCUT2D eigenvalue weighted by Crippen LogP contribution is 2.22. The summed E-state index contributed by atoms with van der Waals surface area (Å²) in [6, 6.07) is 6.73. The minimum absolute atomic E-state index is 0.136. The topological polar surface area (TPSA) is 93.2 Å². The Morgan fingerprint density at radius 2 is 1.92 bits per heavy atom. The number of carbonyl (C=O) groups excluding carboxylic acids is 2. The molecule has 0 saturated heterocycles. The van der Waals surface area contributed by atoms with Crippen molar-refractivity contribution in [3.8, 4) is 5.75 Å². The van der Waals surface area contributed by atoms with Crippen molar-refractivity contribution in [3.63, 3.8) is 0 Å². The van der Waals surface area contributed by atoms with Crippen molar-refractivity contribution in [1.29, 1.82) is 0 Å². The highest BCUT2D eigenvalue weighted by Gasteiger charge is 2.12. The molecule has 0 aliphatic heterocycles. The van der Waals surface area contributed by atoms with Gasteiger partial charge >= 0.3 is 0 Å². The van der Waals surface area contributed by atoms with Crippen LogP contribution >= 0.6 is 11.3 Å². The number of hydrogen-bond acceptors (Lipinski definition) is 6. The number of ether oxygens (including phenoxy) is 1. The van der Waals surface area contributed by atoms with E-state index in [1.165, 1.54) is 11.3 Å². The number of aromatic nitrogens is 2. The van der Waals surface area contributed by atoms with Gasteiger partial charge in [-0.25, -0.2) is 0 Å². The first-order valence-corrected chi connectivity index (χ1v) is 8.45. The summed E-state index contributed by atoms with van der Waals surface area (Å²) in [5.41, 5.74) is 0.462. The average molecular weight is 348 g/mol. The van der Waals surface area contributed by atoms with Gasteiger partial charge in [0.2, 0.25) is 11.0 Å². The summed E-state index contributed by atoms with van der Waals surface area (Å²) in [4.78, 5) is 23.9. The quantitative estimate of drug-likeness (QED) is 0.801. The van der Waals surface area contributed by atoms with Gasteiger partial charge in [-0.2, -0.15) is 0 Å². The van der Waals surface area contributed by atoms with Gasteiger partial charge in [-0.05, 0) is 31.2 Å². The van der Waals surface area contributed by atoms with Crippen LogP contribution < -0.4 is 15.4 Å². The van der Waals surface area contributed by atoms with Gasteiger partial charge in [0.15, 0.2) is 0 Å². The Balaban J connectivity index is 1.82. The smallest absolute Gasteiger partial charge is 0.251 e. The molecule has 1 heterocycles. The average Bonchev–Trinajstić information content (AvgIpc) is 3.02. The molecule has 8 heteroatoms. The predicted molar refractivity (Wildman–Crippen MR) is 92.6 cm³/mol. The molecule has 0 fully saturated rings. The first kappa shape index (κ1) is 17.9. The third-order valence-corrected chi connectivity index (χ3v) is 4.16. The molecule has 0 aliphatic rings. The second-order valence-electron chi connectivity index (χ2n) is 5.29. The van der Waals surface area contributed by atoms with E-state index in [1.54, 1.807) is 24.3 Å². The Bertz CT molecular complexity index is 698. The zero-order valence-electron chi connectivity index (χ0n) is 13.8. The van der Waals surface area contributed by atoms with E-state index >= 15 is 0 Å². The summed E-state index contributed by atoms with van der Waals surface area (Å²) in [6.07, 6.45) is 0. The molecule has 0 radical (unpaired) electrons. The number of nitrogens with one attached hydrogen (secondary N) is 2. The number of carbonyl (C=O) groups is 2. The first-order chi connectivity index (χ1) is 11.5. The SMILES string of the molecule is CCOc1ccc(C(=O)NCC(=O)Nc2nnc(C(C)C)s2)cc1. The molecule has 128 valence electrons. The van der Waals surface area contributed by atoms with Crippen LogP contribution in [-0.4, -0.2) is 35.2 Å². The van der Waals surface area contributed by atoms with Crippen molar-refractivity contribution in [2.45, 2.75) is 26.7 Å². The number of nitrogens with zero attached hydrogens (tertiary/aromatic N) is 2. The van der Waals surface area contributed by atoms with E-state index in [-0.39, 0.29) is 24.3 Å². The first-order valence-electron chi connectivity index (χ1n) is 7.64. The zero-order chi connectivity index (χ0) is 17.5. The molecule has 0 unspecified atom stereocenters. The summed E-state index contributed by atoms with van der Waals surface area (Å²) in [6.45, 7) is 6.33. The Kier molecular flexibility index (Phi) is 6.25. The molecule has 0 spiro atoms. The maximum Gasteiger partial charge on any atom is 0.251 e. The Morgan fingerprint density at radius 3 is 2.50 bits per heavy atom. The molecule has 7 nitrogen and oxygen atoms in total. The van der Waals surface area contributed by atoms with Gasteiger partial charge < -0.3 is 10.1 Å². The molecule has 2 amide bonds. The lowest BCUT2D eigenvalue weighted by Gasteiger charge is -2.06. The van der Waals surface area contributed by atoms with Gasteiger partial charge in [-0.3, -0.25) is 14.9 Å². The fourth-order valence-electron chi connectivity index (χ4n) is 1.81. The Morgan fingerprint density at radius 1 is 1.21 bits per heavy atom. The van der Waals surface area contributed by atoms with Crippen molar-refractivity contribution < 1.29 is 14.3 Å². The van der Waals surface area contributed by atoms with Crippen molar-refractivity contribution in [2.75, 3.05) is 18.5 Å². The van der Waals surface area contributed by atoms with Crippen LogP contribution in [0.15, 0.2) is 24.3 Å². The van der Waals surface area contributed by atoms with E-state index in [0.717, 1.165) is 5.01 Å². The lowest BCUT2D eigenvalue weighted by Crippen LogP contribution is -2.32. The molecular formula is C16H20N4O3S. The van der Waals surface area contributed by atoms with E-state index in [1.807, 2.05) is 20.8 Å². The molecular weight excluding hydrogens is 328 g/mol. The summed E-state index contributed by atoms with van der Waals surface area (Å²) >= 11 is 1.33. The molecule has 1 aromatic heterocycles. The Hall–Kier alpha value is -2.48. The number of rotatable bonds is 7. The molecule has 1 aromatic carbocycles. The monoisotopic (exact) mass is 348 g/mol. The summed E-state index contributed by atoms with van der Waals surface area (Å²) in [5.74, 6) is 0.283. The van der Waals surface area contributed by atoms with Crippen LogP contribution in [0.1, 0.15) is 42.1 Å². The van der Waals surface area contributed by atoms with E-state index in [0.29, 0.717) is 23.1 Å². The maximum atomic E-state index is 12.0. The van der Waals surface area contributed by atoms with Crippen LogP contribution in [0.25, 0.3) is 0 Å². The van der Waals surface area contributed by atoms with Crippen LogP contribution in [-0.2, 0) is 4.79 Å². The summed E-state index contributed by atoms with van der Waals surface area (Å²) in [7, 11) is 0. The van der Waals surface area contributed by atoms with Crippen LogP contribution in [0.3, 0.4) is 0 Å². The second kappa shape index (κ2) is 8.39. The van der Waals surface area contributed by atoms with Crippen molar-refractivity contribution in [1.82, 2.24) is 15.5 Å². The van der Waals surface area contributed by atoms with Crippen LogP contribution in [0.5, 0.6) is 5.75 Å². The van der Waals surface area contributed by atoms with Gasteiger partial charge in [-0.15, -0.1) is 10.2 Å². The van der Waals surface area contributed by atoms with Crippen LogP contribution in [0.2, 0.25) is 0 Å². The third-order valence-electron chi connectivity index (χ3n) is 3.02. The Labute approximate surface area is 144 Å². The van der Waals surface area contributed by atoms with Gasteiger partial charge in [0.25, 0.3) is 5.91 Å². The number of amides is 2. The molecule has 0 saturated carbocycles. The minimum atomic E-state index is -0.347. The van der Waals surface area contributed by atoms with Crippen molar-refractivity contribution in [2.24, 2.45) is 0 Å². The number of hydrogen-bond donors (Lipinski definition) is 2. The lowest BCUT2D eigenvalue weighted by molar-refractivity contribution is -0.115. The molecule has 24 heavy (non-hydrogen) atoms. The molecule has 2 N–H and O–H groups in total. The van der Waals surface area contributed by atoms with E-state index in [4.69, 9.17) is 4.74 Å². The summed E-state index contributed by atoms with van der Waals surface area (Å²) in [5, 5.41) is 14.4. The van der Waals surface area contributed by atoms with Crippen LogP contribution in [0.4, 0.5) is 5.13 Å². The molecule has 0 bridgehead atoms. The standard InChI is InChI=1S/C16H20N4O3S/c1-4-23-12-7-5-11(6-8-12)14(22)17-9-13(21)18-16-20-19-15(24-16)10(2)3/h5-8,10H,4,9H2,1-3H3,(H,17,22)(H,18,20,21). The molecule has 0 atom stereocenters. The van der Waals surface area contributed by atoms with Crippen molar-refractivity contribution in [3.05, 3.63) is 34.8 Å². The van der Waals surface area contributed by atoms with E-state index in [9.17, 15) is 9.59 Å². The minimum Gasteiger partial charge on any atom is -0.494 e. The zero-order valence-corrected chi connectivity index (χ0v) is 14.6. The van der Waals surface area contributed by atoms with Gasteiger partial charge in [0.05, 0.1) is 13.2 Å². The summed E-state index contributed by atoms with van der Waals surface area (Å²) < 4.78 is 5.32. The van der Waals surface area contributed by atoms with Crippen molar-refractivity contribution >= 4 is 28.3 Å². The van der Waals surface area contributed by atoms with Gasteiger partial charge in [0, 0.05) is 11.5 Å². The second-order valence-corrected chi connectivity index (χ2v) is 6.30. The van der Waals surface area contributed by atoms with E-state index < -0.39 is 0 Å². The van der Waals surface area contributed by atoms with Gasteiger partial charge in [0.1, 0.15) is 10.8 Å². The maximum absolute atomic E-state index is 12.0. The fraction of sp³-hybridized carbons (Fsp3) is 0.375. The highest BCUT2D eigenvalue weighted by atomic mass is 32.1. The van der Waals surface area contributed by atoms with Crippen LogP contribution in [0, 0.1) is 0 Å². The molecule has 2 rings (SSSR count). The normalized spacial score (nSPS) is 10.5. The lowest BCUT2D eigenvalue weighted by atomic mass is 10.2. The third kappa shape index (κ3) is 5.02.